The van der Waals surface area contributed by atoms with Crippen molar-refractivity contribution >= 4 is 20.0 Å². The van der Waals surface area contributed by atoms with Gasteiger partial charge in [0.25, 0.3) is 0 Å². The van der Waals surface area contributed by atoms with Crippen LogP contribution >= 0.6 is 0 Å². The topological polar surface area (TPSA) is 134 Å². The number of aryl methyl sites for hydroxylation is 1. The molecule has 2 saturated heterocycles. The van der Waals surface area contributed by atoms with E-state index in [1.54, 1.807) is 36.4 Å². The summed E-state index contributed by atoms with van der Waals surface area (Å²) in [6, 6.07) is 13.0. The number of rotatable bonds is 10. The second-order valence-corrected chi connectivity index (χ2v) is 13.5. The van der Waals surface area contributed by atoms with Gasteiger partial charge in [-0.3, -0.25) is 0 Å². The molecule has 2 unspecified atom stereocenters. The van der Waals surface area contributed by atoms with Crippen molar-refractivity contribution in [3.05, 3.63) is 54.1 Å². The predicted molar refractivity (Wildman–Crippen MR) is 138 cm³/mol. The number of aliphatic hydroxyl groups is 1. The molecule has 0 aliphatic carbocycles. The van der Waals surface area contributed by atoms with Gasteiger partial charge in [0.15, 0.2) is 0 Å². The molecule has 12 heteroatoms. The third kappa shape index (κ3) is 6.69. The number of sulfonamides is 2. The van der Waals surface area contributed by atoms with E-state index in [4.69, 9.17) is 9.47 Å². The molecule has 0 amide bonds. The molecule has 2 atom stereocenters. The monoisotopic (exact) mass is 553 g/mol. The fourth-order valence-corrected chi connectivity index (χ4v) is 6.93. The van der Waals surface area contributed by atoms with Crippen LogP contribution in [0.25, 0.3) is 0 Å². The van der Waals surface area contributed by atoms with Gasteiger partial charge in [0.1, 0.15) is 18.5 Å². The van der Waals surface area contributed by atoms with Gasteiger partial charge in [-0.25, -0.2) is 21.6 Å². The molecule has 2 aliphatic rings. The van der Waals surface area contributed by atoms with E-state index in [2.05, 4.69) is 10.0 Å². The van der Waals surface area contributed by atoms with Crippen molar-refractivity contribution in [3.63, 3.8) is 0 Å². The summed E-state index contributed by atoms with van der Waals surface area (Å²) in [7, 11) is -5.76. The normalized spacial score (nSPS) is 21.2. The highest BCUT2D eigenvalue weighted by atomic mass is 32.2. The van der Waals surface area contributed by atoms with Gasteiger partial charge < -0.3 is 19.9 Å². The second kappa shape index (κ2) is 11.4. The minimum atomic E-state index is -3.58. The highest BCUT2D eigenvalue weighted by Gasteiger charge is 2.44. The lowest BCUT2D eigenvalue weighted by Gasteiger charge is -2.38. The summed E-state index contributed by atoms with van der Waals surface area (Å²) in [6.07, 6.45) is 1.17. The summed E-state index contributed by atoms with van der Waals surface area (Å²) in [4.78, 5) is 0.402. The van der Waals surface area contributed by atoms with Crippen molar-refractivity contribution in [2.45, 2.75) is 53.7 Å². The molecule has 1 spiro atoms. The third-order valence-corrected chi connectivity index (χ3v) is 10.3. The molecule has 4 rings (SSSR count). The van der Waals surface area contributed by atoms with Gasteiger partial charge in [-0.1, -0.05) is 23.8 Å². The van der Waals surface area contributed by atoms with E-state index in [0.29, 0.717) is 43.2 Å². The number of piperidine rings is 1. The number of nitrogens with zero attached hydrogens (tertiary/aromatic N) is 1. The van der Waals surface area contributed by atoms with Crippen LogP contribution in [0.3, 0.4) is 0 Å². The first kappa shape index (κ1) is 28.0. The Balaban J connectivity index is 1.22. The molecular formula is C25H35N3O7S2. The van der Waals surface area contributed by atoms with Crippen LogP contribution in [0, 0.1) is 6.92 Å². The average molecular weight is 554 g/mol. The zero-order chi connectivity index (χ0) is 26.7. The number of hydrogen-bond acceptors (Lipinski definition) is 8. The second-order valence-electron chi connectivity index (χ2n) is 9.67. The largest absolute Gasteiger partial charge is 0.491 e. The Bertz CT molecular complexity index is 1280. The molecule has 10 nitrogen and oxygen atoms in total. The van der Waals surface area contributed by atoms with Crippen molar-refractivity contribution in [3.8, 4) is 5.75 Å². The molecule has 2 aliphatic heterocycles. The van der Waals surface area contributed by atoms with Gasteiger partial charge in [0, 0.05) is 31.7 Å². The molecule has 3 N–H and O–H groups in total. The lowest BCUT2D eigenvalue weighted by atomic mass is 9.88. The highest BCUT2D eigenvalue weighted by molar-refractivity contribution is 7.89. The Hall–Kier alpha value is -2.06. The smallest absolute Gasteiger partial charge is 0.243 e. The van der Waals surface area contributed by atoms with Gasteiger partial charge in [0.2, 0.25) is 20.0 Å². The molecule has 2 heterocycles. The van der Waals surface area contributed by atoms with E-state index in [1.807, 2.05) is 6.92 Å². The molecule has 37 heavy (non-hydrogen) atoms. The minimum absolute atomic E-state index is 0.000600. The van der Waals surface area contributed by atoms with E-state index in [0.717, 1.165) is 12.0 Å². The lowest BCUT2D eigenvalue weighted by molar-refractivity contribution is -0.0312. The van der Waals surface area contributed by atoms with Crippen LogP contribution < -0.4 is 14.8 Å². The molecular weight excluding hydrogens is 518 g/mol. The van der Waals surface area contributed by atoms with E-state index in [1.165, 1.54) is 23.5 Å². The van der Waals surface area contributed by atoms with Crippen LogP contribution in [0.4, 0.5) is 0 Å². The van der Waals surface area contributed by atoms with Gasteiger partial charge in [-0.05, 0) is 57.5 Å². The molecule has 0 saturated carbocycles. The van der Waals surface area contributed by atoms with Crippen LogP contribution in [0.1, 0.15) is 24.8 Å². The Labute approximate surface area is 219 Å². The molecule has 2 aromatic carbocycles. The van der Waals surface area contributed by atoms with E-state index in [9.17, 15) is 21.9 Å². The van der Waals surface area contributed by atoms with Crippen LogP contribution in [0.5, 0.6) is 5.75 Å². The summed E-state index contributed by atoms with van der Waals surface area (Å²) >= 11 is 0. The van der Waals surface area contributed by atoms with E-state index in [-0.39, 0.29) is 29.7 Å². The molecule has 204 valence electrons. The van der Waals surface area contributed by atoms with Crippen molar-refractivity contribution < 1.29 is 31.4 Å². The summed E-state index contributed by atoms with van der Waals surface area (Å²) in [5.74, 6) is 0.353. The molecule has 0 bridgehead atoms. The van der Waals surface area contributed by atoms with Crippen LogP contribution in [0.2, 0.25) is 0 Å². The third-order valence-electron chi connectivity index (χ3n) is 6.97. The first-order chi connectivity index (χ1) is 17.5. The zero-order valence-electron chi connectivity index (χ0n) is 21.1. The quantitative estimate of drug-likeness (QED) is 0.400. The molecule has 2 fully saturated rings. The van der Waals surface area contributed by atoms with E-state index < -0.39 is 26.2 Å². The summed E-state index contributed by atoms with van der Waals surface area (Å²) in [5.41, 5.74) is 0.651. The van der Waals surface area contributed by atoms with Crippen molar-refractivity contribution in [1.82, 2.24) is 14.3 Å². The maximum Gasteiger partial charge on any atom is 0.243 e. The first-order valence-corrected chi connectivity index (χ1v) is 15.2. The van der Waals surface area contributed by atoms with Gasteiger partial charge >= 0.3 is 0 Å². The first-order valence-electron chi connectivity index (χ1n) is 12.3. The zero-order valence-corrected chi connectivity index (χ0v) is 22.7. The molecule has 0 radical (unpaired) electrons. The number of hydrogen-bond donors (Lipinski definition) is 3. The molecule has 2 aromatic rings. The van der Waals surface area contributed by atoms with Crippen molar-refractivity contribution in [2.75, 3.05) is 39.9 Å². The lowest BCUT2D eigenvalue weighted by Crippen LogP contribution is -2.47. The fourth-order valence-electron chi connectivity index (χ4n) is 4.72. The Morgan fingerprint density at radius 1 is 1.11 bits per heavy atom. The average Bonchev–Trinajstić information content (AvgIpc) is 3.29. The Morgan fingerprint density at radius 2 is 1.81 bits per heavy atom. The number of nitrogens with one attached hydrogen (secondary N) is 2. The maximum absolute atomic E-state index is 13.0. The Kier molecular flexibility index (Phi) is 8.58. The highest BCUT2D eigenvalue weighted by Crippen LogP contribution is 2.37. The maximum atomic E-state index is 13.0. The minimum Gasteiger partial charge on any atom is -0.491 e. The summed E-state index contributed by atoms with van der Waals surface area (Å²) < 4.78 is 65.4. The van der Waals surface area contributed by atoms with Gasteiger partial charge in [-0.2, -0.15) is 4.31 Å². The van der Waals surface area contributed by atoms with Gasteiger partial charge in [0.05, 0.1) is 22.0 Å². The van der Waals surface area contributed by atoms with Crippen molar-refractivity contribution in [1.29, 1.82) is 0 Å². The van der Waals surface area contributed by atoms with Crippen LogP contribution in [-0.4, -0.2) is 83.9 Å². The summed E-state index contributed by atoms with van der Waals surface area (Å²) in [5, 5.41) is 13.7. The number of benzene rings is 2. The van der Waals surface area contributed by atoms with E-state index >= 15 is 0 Å². The Morgan fingerprint density at radius 3 is 2.49 bits per heavy atom. The van der Waals surface area contributed by atoms with Crippen LogP contribution in [-0.2, 0) is 24.8 Å². The number of ether oxygens (including phenoxy) is 2. The van der Waals surface area contributed by atoms with Crippen LogP contribution in [0.15, 0.2) is 58.3 Å². The molecule has 0 aromatic heterocycles. The SMILES string of the molecule is CNS(=O)(=O)c1cccc(OCC(O)CNC2COC3(CCN(S(=O)(=O)c4ccc(C)cc4)CC3)C2)c1. The number of aliphatic hydroxyl groups excluding tert-OH is 1. The summed E-state index contributed by atoms with van der Waals surface area (Å²) in [6.45, 7) is 3.51. The van der Waals surface area contributed by atoms with Gasteiger partial charge in [-0.15, -0.1) is 0 Å². The predicted octanol–water partition coefficient (Wildman–Crippen LogP) is 1.24. The fraction of sp³-hybridized carbons (Fsp3) is 0.520. The standard InChI is InChI=1S/C25H35N3O7S2/c1-19-6-8-23(9-7-19)37(32,33)28-12-10-25(11-13-28)15-20(17-35-25)27-16-21(29)18-34-22-4-3-5-24(14-22)36(30,31)26-2/h3-9,14,20-21,26-27,29H,10-13,15-18H2,1-2H3. The van der Waals surface area contributed by atoms with Crippen molar-refractivity contribution in [2.24, 2.45) is 0 Å².